The lowest BCUT2D eigenvalue weighted by Gasteiger charge is -2.24. The van der Waals surface area contributed by atoms with Crippen LogP contribution in [0.15, 0.2) is 0 Å². The van der Waals surface area contributed by atoms with E-state index in [1.165, 1.54) is 0 Å². The maximum absolute atomic E-state index is 12.1. The Morgan fingerprint density at radius 2 is 2.05 bits per heavy atom. The van der Waals surface area contributed by atoms with Gasteiger partial charge >= 0.3 is 0 Å². The fourth-order valence-electron chi connectivity index (χ4n) is 2.07. The van der Waals surface area contributed by atoms with Gasteiger partial charge in [0.1, 0.15) is 0 Å². The average Bonchev–Trinajstić information content (AvgIpc) is 2.41. The molecule has 0 aromatic rings. The molecule has 1 fully saturated rings. The van der Waals surface area contributed by atoms with E-state index in [0.29, 0.717) is 17.5 Å². The van der Waals surface area contributed by atoms with Crippen molar-refractivity contribution in [2.45, 2.75) is 37.9 Å². The van der Waals surface area contributed by atoms with Gasteiger partial charge in [0, 0.05) is 11.8 Å². The van der Waals surface area contributed by atoms with Gasteiger partial charge in [0.2, 0.25) is 11.8 Å². The second kappa shape index (κ2) is 9.20. The number of hydrogen-bond acceptors (Lipinski definition) is 4. The molecule has 19 heavy (non-hydrogen) atoms. The Morgan fingerprint density at radius 1 is 1.37 bits per heavy atom. The number of primary amides is 1. The van der Waals surface area contributed by atoms with Crippen molar-refractivity contribution in [3.8, 4) is 0 Å². The predicted octanol–water partition coefficient (Wildman–Crippen LogP) is 0.586. The van der Waals surface area contributed by atoms with Crippen molar-refractivity contribution in [3.63, 3.8) is 0 Å². The largest absolute Gasteiger partial charge is 0.368 e. The lowest BCUT2D eigenvalue weighted by atomic mass is 10.2. The third-order valence-corrected chi connectivity index (χ3v) is 4.57. The zero-order chi connectivity index (χ0) is 14.1. The van der Waals surface area contributed by atoms with E-state index in [-0.39, 0.29) is 12.5 Å². The Kier molecular flexibility index (Phi) is 7.90. The van der Waals surface area contributed by atoms with E-state index in [4.69, 9.17) is 5.73 Å². The molecule has 6 heteroatoms. The summed E-state index contributed by atoms with van der Waals surface area (Å²) in [6.07, 6.45) is 4.15. The van der Waals surface area contributed by atoms with E-state index in [2.05, 4.69) is 12.2 Å². The van der Waals surface area contributed by atoms with Crippen LogP contribution in [0.4, 0.5) is 0 Å². The molecule has 0 unspecified atom stereocenters. The van der Waals surface area contributed by atoms with Gasteiger partial charge in [-0.2, -0.15) is 0 Å². The summed E-state index contributed by atoms with van der Waals surface area (Å²) in [5, 5.41) is 3.87. The second-order valence-electron chi connectivity index (χ2n) is 4.90. The molecule has 1 rings (SSSR count). The van der Waals surface area contributed by atoms with Crippen LogP contribution < -0.4 is 11.1 Å². The molecule has 1 saturated heterocycles. The van der Waals surface area contributed by atoms with Crippen molar-refractivity contribution in [3.05, 3.63) is 0 Å². The first kappa shape index (κ1) is 16.3. The number of thioether (sulfide) groups is 1. The maximum Gasteiger partial charge on any atom is 0.237 e. The first-order valence-electron chi connectivity index (χ1n) is 7.02. The fraction of sp³-hybridized carbons (Fsp3) is 0.846. The molecule has 2 amide bonds. The molecule has 110 valence electrons. The smallest absolute Gasteiger partial charge is 0.237 e. The summed E-state index contributed by atoms with van der Waals surface area (Å²) in [6.45, 7) is 4.81. The monoisotopic (exact) mass is 287 g/mol. The average molecular weight is 287 g/mol. The van der Waals surface area contributed by atoms with Crippen LogP contribution in [0.2, 0.25) is 0 Å². The number of piperidine rings is 1. The number of hydrogen-bond donors (Lipinski definition) is 2. The van der Waals surface area contributed by atoms with Gasteiger partial charge in [-0.25, -0.2) is 0 Å². The molecular formula is C13H25N3O2S. The van der Waals surface area contributed by atoms with E-state index in [1.54, 1.807) is 16.7 Å². The Morgan fingerprint density at radius 3 is 2.63 bits per heavy atom. The van der Waals surface area contributed by atoms with Gasteiger partial charge in [-0.15, -0.1) is 11.8 Å². The Balaban J connectivity index is 2.34. The van der Waals surface area contributed by atoms with Crippen molar-refractivity contribution >= 4 is 23.6 Å². The third-order valence-electron chi connectivity index (χ3n) is 3.21. The number of rotatable bonds is 8. The standard InChI is InChI=1S/C13H25N3O2S/c1-2-3-8-16(9-12(14)17)13(18)10-19-11-4-6-15-7-5-11/h11,15H,2-10H2,1H3,(H2,14,17). The minimum absolute atomic E-state index is 0.0378. The Labute approximate surface area is 119 Å². The molecule has 1 heterocycles. The van der Waals surface area contributed by atoms with Gasteiger partial charge in [0.25, 0.3) is 0 Å². The van der Waals surface area contributed by atoms with Crippen LogP contribution >= 0.6 is 11.8 Å². The summed E-state index contributed by atoms with van der Waals surface area (Å²) in [7, 11) is 0. The summed E-state index contributed by atoms with van der Waals surface area (Å²) in [4.78, 5) is 24.7. The summed E-state index contributed by atoms with van der Waals surface area (Å²) in [5.74, 6) is 0.0638. The summed E-state index contributed by atoms with van der Waals surface area (Å²) in [6, 6.07) is 0. The maximum atomic E-state index is 12.1. The van der Waals surface area contributed by atoms with E-state index in [9.17, 15) is 9.59 Å². The van der Waals surface area contributed by atoms with Crippen molar-refractivity contribution in [1.29, 1.82) is 0 Å². The van der Waals surface area contributed by atoms with E-state index < -0.39 is 5.91 Å². The van der Waals surface area contributed by atoms with Crippen molar-refractivity contribution in [2.24, 2.45) is 5.73 Å². The normalized spacial score (nSPS) is 16.3. The predicted molar refractivity (Wildman–Crippen MR) is 79.0 cm³/mol. The number of nitrogens with zero attached hydrogens (tertiary/aromatic N) is 1. The molecule has 0 radical (unpaired) electrons. The molecular weight excluding hydrogens is 262 g/mol. The van der Waals surface area contributed by atoms with Gasteiger partial charge in [-0.3, -0.25) is 9.59 Å². The third kappa shape index (κ3) is 6.82. The molecule has 0 aromatic heterocycles. The van der Waals surface area contributed by atoms with Crippen LogP contribution in [0.1, 0.15) is 32.6 Å². The quantitative estimate of drug-likeness (QED) is 0.685. The fourth-order valence-corrected chi connectivity index (χ4v) is 3.20. The van der Waals surface area contributed by atoms with Gasteiger partial charge < -0.3 is 16.0 Å². The van der Waals surface area contributed by atoms with Gasteiger partial charge in [0.05, 0.1) is 12.3 Å². The number of nitrogens with two attached hydrogens (primary N) is 1. The van der Waals surface area contributed by atoms with Crippen LogP contribution in [-0.2, 0) is 9.59 Å². The molecule has 0 aromatic carbocycles. The number of nitrogens with one attached hydrogen (secondary N) is 1. The van der Waals surface area contributed by atoms with Crippen LogP contribution in [0.5, 0.6) is 0 Å². The minimum Gasteiger partial charge on any atom is -0.368 e. The van der Waals surface area contributed by atoms with Gasteiger partial charge in [0.15, 0.2) is 0 Å². The summed E-state index contributed by atoms with van der Waals surface area (Å²) < 4.78 is 0. The Bertz CT molecular complexity index is 294. The van der Waals surface area contributed by atoms with E-state index >= 15 is 0 Å². The number of carbonyl (C=O) groups is 2. The van der Waals surface area contributed by atoms with E-state index in [0.717, 1.165) is 38.8 Å². The molecule has 0 aliphatic carbocycles. The SMILES string of the molecule is CCCCN(CC(N)=O)C(=O)CSC1CCNCC1. The highest BCUT2D eigenvalue weighted by atomic mass is 32.2. The van der Waals surface area contributed by atoms with Crippen molar-refractivity contribution < 1.29 is 9.59 Å². The summed E-state index contributed by atoms with van der Waals surface area (Å²) in [5.41, 5.74) is 5.19. The highest BCUT2D eigenvalue weighted by Gasteiger charge is 2.19. The number of unbranched alkanes of at least 4 members (excludes halogenated alkanes) is 1. The lowest BCUT2D eigenvalue weighted by Crippen LogP contribution is -2.40. The van der Waals surface area contributed by atoms with E-state index in [1.807, 2.05) is 0 Å². The number of carbonyl (C=O) groups excluding carboxylic acids is 2. The van der Waals surface area contributed by atoms with Crippen LogP contribution in [0.25, 0.3) is 0 Å². The molecule has 1 aliphatic rings. The first-order valence-corrected chi connectivity index (χ1v) is 8.06. The minimum atomic E-state index is -0.434. The Hall–Kier alpha value is -0.750. The molecule has 1 aliphatic heterocycles. The van der Waals surface area contributed by atoms with Crippen LogP contribution in [-0.4, -0.2) is 53.9 Å². The topological polar surface area (TPSA) is 75.4 Å². The lowest BCUT2D eigenvalue weighted by molar-refractivity contribution is -0.133. The van der Waals surface area contributed by atoms with Crippen LogP contribution in [0.3, 0.4) is 0 Å². The van der Waals surface area contributed by atoms with Gasteiger partial charge in [-0.1, -0.05) is 13.3 Å². The first-order chi connectivity index (χ1) is 9.13. The highest BCUT2D eigenvalue weighted by molar-refractivity contribution is 8.00. The zero-order valence-corrected chi connectivity index (χ0v) is 12.5. The molecule has 0 atom stereocenters. The second-order valence-corrected chi connectivity index (χ2v) is 6.18. The summed E-state index contributed by atoms with van der Waals surface area (Å²) >= 11 is 1.71. The van der Waals surface area contributed by atoms with Crippen LogP contribution in [0, 0.1) is 0 Å². The zero-order valence-electron chi connectivity index (χ0n) is 11.7. The van der Waals surface area contributed by atoms with Gasteiger partial charge in [-0.05, 0) is 32.4 Å². The van der Waals surface area contributed by atoms with Crippen molar-refractivity contribution in [2.75, 3.05) is 31.9 Å². The molecule has 0 bridgehead atoms. The highest BCUT2D eigenvalue weighted by Crippen LogP contribution is 2.20. The molecule has 3 N–H and O–H groups in total. The van der Waals surface area contributed by atoms with Crippen molar-refractivity contribution in [1.82, 2.24) is 10.2 Å². The molecule has 5 nitrogen and oxygen atoms in total. The molecule has 0 spiro atoms. The molecule has 0 saturated carbocycles. The number of amides is 2.